The standard InChI is InChI=1S/C25H21ClN2O2/c1-29-25-13-6-18(14-21(25)17-30-24-11-8-22(26)9-12-24)16-27-28-23-10-7-19-4-2-3-5-20(19)15-23/h2-16,28H,17H2,1H3. The van der Waals surface area contributed by atoms with Crippen LogP contribution in [0.4, 0.5) is 5.69 Å². The lowest BCUT2D eigenvalue weighted by Crippen LogP contribution is -2.00. The lowest BCUT2D eigenvalue weighted by atomic mass is 10.1. The maximum atomic E-state index is 5.92. The Morgan fingerprint density at radius 1 is 0.900 bits per heavy atom. The van der Waals surface area contributed by atoms with E-state index in [9.17, 15) is 0 Å². The van der Waals surface area contributed by atoms with Crippen molar-refractivity contribution in [2.45, 2.75) is 6.61 Å². The maximum Gasteiger partial charge on any atom is 0.125 e. The summed E-state index contributed by atoms with van der Waals surface area (Å²) in [6.45, 7) is 0.380. The van der Waals surface area contributed by atoms with Gasteiger partial charge in [0.15, 0.2) is 0 Å². The molecule has 0 aliphatic rings. The highest BCUT2D eigenvalue weighted by molar-refractivity contribution is 6.30. The molecule has 5 heteroatoms. The molecule has 0 aromatic heterocycles. The first-order chi connectivity index (χ1) is 14.7. The van der Waals surface area contributed by atoms with Gasteiger partial charge in [0, 0.05) is 10.6 Å². The molecule has 4 rings (SSSR count). The molecule has 30 heavy (non-hydrogen) atoms. The van der Waals surface area contributed by atoms with Crippen molar-refractivity contribution in [1.82, 2.24) is 0 Å². The molecule has 150 valence electrons. The molecule has 0 atom stereocenters. The summed E-state index contributed by atoms with van der Waals surface area (Å²) < 4.78 is 11.3. The summed E-state index contributed by atoms with van der Waals surface area (Å²) in [7, 11) is 1.65. The number of nitrogens with one attached hydrogen (secondary N) is 1. The second-order valence-corrected chi connectivity index (χ2v) is 7.18. The fourth-order valence-electron chi connectivity index (χ4n) is 3.12. The van der Waals surface area contributed by atoms with E-state index in [0.29, 0.717) is 11.6 Å². The second-order valence-electron chi connectivity index (χ2n) is 6.75. The smallest absolute Gasteiger partial charge is 0.125 e. The third kappa shape index (κ3) is 4.91. The van der Waals surface area contributed by atoms with Crippen LogP contribution in [0.2, 0.25) is 5.02 Å². The van der Waals surface area contributed by atoms with Crippen molar-refractivity contribution in [2.24, 2.45) is 5.10 Å². The van der Waals surface area contributed by atoms with E-state index in [1.165, 1.54) is 10.8 Å². The molecule has 4 nitrogen and oxygen atoms in total. The van der Waals surface area contributed by atoms with Crippen molar-refractivity contribution in [3.05, 3.63) is 101 Å². The zero-order valence-electron chi connectivity index (χ0n) is 16.5. The van der Waals surface area contributed by atoms with Crippen molar-refractivity contribution in [3.63, 3.8) is 0 Å². The van der Waals surface area contributed by atoms with Gasteiger partial charge in [-0.1, -0.05) is 41.9 Å². The van der Waals surface area contributed by atoms with Crippen LogP contribution in [0.3, 0.4) is 0 Å². The Morgan fingerprint density at radius 3 is 2.50 bits per heavy atom. The monoisotopic (exact) mass is 416 g/mol. The summed E-state index contributed by atoms with van der Waals surface area (Å²) in [6, 6.07) is 27.6. The number of halogens is 1. The number of nitrogens with zero attached hydrogens (tertiary/aromatic N) is 1. The van der Waals surface area contributed by atoms with Gasteiger partial charge in [-0.2, -0.15) is 5.10 Å². The Kier molecular flexibility index (Phi) is 6.16. The summed E-state index contributed by atoms with van der Waals surface area (Å²) in [4.78, 5) is 0. The van der Waals surface area contributed by atoms with E-state index < -0.39 is 0 Å². The van der Waals surface area contributed by atoms with E-state index in [1.54, 1.807) is 25.5 Å². The minimum atomic E-state index is 0.380. The highest BCUT2D eigenvalue weighted by atomic mass is 35.5. The Hall–Kier alpha value is -3.50. The molecule has 0 aliphatic heterocycles. The van der Waals surface area contributed by atoms with Crippen LogP contribution in [-0.2, 0) is 6.61 Å². The summed E-state index contributed by atoms with van der Waals surface area (Å²) in [5.74, 6) is 1.52. The Morgan fingerprint density at radius 2 is 1.70 bits per heavy atom. The van der Waals surface area contributed by atoms with Gasteiger partial charge in [-0.25, -0.2) is 0 Å². The van der Waals surface area contributed by atoms with Gasteiger partial charge >= 0.3 is 0 Å². The van der Waals surface area contributed by atoms with Gasteiger partial charge in [-0.3, -0.25) is 5.43 Å². The minimum Gasteiger partial charge on any atom is -0.496 e. The van der Waals surface area contributed by atoms with Gasteiger partial charge in [0.2, 0.25) is 0 Å². The van der Waals surface area contributed by atoms with Crippen molar-refractivity contribution in [3.8, 4) is 11.5 Å². The topological polar surface area (TPSA) is 42.8 Å². The van der Waals surface area contributed by atoms with E-state index in [1.807, 2.05) is 48.5 Å². The largest absolute Gasteiger partial charge is 0.496 e. The number of fused-ring (bicyclic) bond motifs is 1. The normalized spacial score (nSPS) is 11.0. The van der Waals surface area contributed by atoms with Crippen molar-refractivity contribution < 1.29 is 9.47 Å². The first-order valence-corrected chi connectivity index (χ1v) is 9.92. The number of benzene rings is 4. The molecule has 4 aromatic rings. The number of rotatable bonds is 7. The van der Waals surface area contributed by atoms with Gasteiger partial charge in [-0.05, 0) is 70.9 Å². The minimum absolute atomic E-state index is 0.380. The van der Waals surface area contributed by atoms with E-state index in [4.69, 9.17) is 21.1 Å². The van der Waals surface area contributed by atoms with E-state index in [-0.39, 0.29) is 0 Å². The summed E-state index contributed by atoms with van der Waals surface area (Å²) >= 11 is 5.92. The fraction of sp³-hybridized carbons (Fsp3) is 0.0800. The third-order valence-corrected chi connectivity index (χ3v) is 4.92. The van der Waals surface area contributed by atoms with Crippen LogP contribution in [-0.4, -0.2) is 13.3 Å². The third-order valence-electron chi connectivity index (χ3n) is 4.67. The summed E-state index contributed by atoms with van der Waals surface area (Å²) in [5.41, 5.74) is 5.90. The Labute approximate surface area is 180 Å². The average molecular weight is 417 g/mol. The summed E-state index contributed by atoms with van der Waals surface area (Å²) in [6.07, 6.45) is 1.78. The Bertz CT molecular complexity index is 1170. The number of anilines is 1. The fourth-order valence-corrected chi connectivity index (χ4v) is 3.25. The molecule has 0 unspecified atom stereocenters. The number of hydrazone groups is 1. The van der Waals surface area contributed by atoms with Crippen molar-refractivity contribution in [2.75, 3.05) is 12.5 Å². The first kappa shape index (κ1) is 19.8. The zero-order chi connectivity index (χ0) is 20.8. The van der Waals surface area contributed by atoms with Crippen molar-refractivity contribution >= 4 is 34.3 Å². The average Bonchev–Trinajstić information content (AvgIpc) is 2.79. The van der Waals surface area contributed by atoms with Gasteiger partial charge in [0.1, 0.15) is 18.1 Å². The number of methoxy groups -OCH3 is 1. The summed E-state index contributed by atoms with van der Waals surface area (Å²) in [5, 5.41) is 7.42. The zero-order valence-corrected chi connectivity index (χ0v) is 17.3. The van der Waals surface area contributed by atoms with Gasteiger partial charge < -0.3 is 9.47 Å². The van der Waals surface area contributed by atoms with Crippen LogP contribution in [0.1, 0.15) is 11.1 Å². The molecule has 0 bridgehead atoms. The molecule has 0 fully saturated rings. The number of hydrogen-bond donors (Lipinski definition) is 1. The number of hydrogen-bond acceptors (Lipinski definition) is 4. The van der Waals surface area contributed by atoms with E-state index in [2.05, 4.69) is 34.8 Å². The predicted molar refractivity (Wildman–Crippen MR) is 124 cm³/mol. The lowest BCUT2D eigenvalue weighted by molar-refractivity contribution is 0.296. The lowest BCUT2D eigenvalue weighted by Gasteiger charge is -2.11. The molecule has 4 aromatic carbocycles. The first-order valence-electron chi connectivity index (χ1n) is 9.54. The second kappa shape index (κ2) is 9.33. The van der Waals surface area contributed by atoms with Gasteiger partial charge in [-0.15, -0.1) is 0 Å². The van der Waals surface area contributed by atoms with Crippen LogP contribution >= 0.6 is 11.6 Å². The van der Waals surface area contributed by atoms with Crippen LogP contribution in [0.15, 0.2) is 90.0 Å². The molecule has 0 radical (unpaired) electrons. The molecule has 0 saturated heterocycles. The molecule has 0 aliphatic carbocycles. The van der Waals surface area contributed by atoms with Crippen LogP contribution in [0.5, 0.6) is 11.5 Å². The van der Waals surface area contributed by atoms with E-state index in [0.717, 1.165) is 28.3 Å². The molecular weight excluding hydrogens is 396 g/mol. The van der Waals surface area contributed by atoms with Crippen LogP contribution < -0.4 is 14.9 Å². The van der Waals surface area contributed by atoms with Gasteiger partial charge in [0.25, 0.3) is 0 Å². The Balaban J connectivity index is 1.45. The van der Waals surface area contributed by atoms with Crippen LogP contribution in [0, 0.1) is 0 Å². The molecule has 1 N–H and O–H groups in total. The molecule has 0 amide bonds. The molecule has 0 spiro atoms. The quantitative estimate of drug-likeness (QED) is 0.275. The highest BCUT2D eigenvalue weighted by Crippen LogP contribution is 2.23. The molecular formula is C25H21ClN2O2. The number of ether oxygens (including phenoxy) is 2. The predicted octanol–water partition coefficient (Wildman–Crippen LogP) is 6.53. The van der Waals surface area contributed by atoms with Gasteiger partial charge in [0.05, 0.1) is 19.0 Å². The van der Waals surface area contributed by atoms with Crippen molar-refractivity contribution in [1.29, 1.82) is 0 Å². The molecule has 0 saturated carbocycles. The highest BCUT2D eigenvalue weighted by Gasteiger charge is 2.05. The van der Waals surface area contributed by atoms with Crippen LogP contribution in [0.25, 0.3) is 10.8 Å². The van der Waals surface area contributed by atoms with E-state index >= 15 is 0 Å². The maximum absolute atomic E-state index is 5.92. The SMILES string of the molecule is COc1ccc(C=NNc2ccc3ccccc3c2)cc1COc1ccc(Cl)cc1. The molecule has 0 heterocycles.